The van der Waals surface area contributed by atoms with Gasteiger partial charge in [0.05, 0.1) is 12.2 Å². The number of rotatable bonds is 6. The predicted molar refractivity (Wildman–Crippen MR) is 60.7 cm³/mol. The van der Waals surface area contributed by atoms with E-state index in [1.54, 1.807) is 6.20 Å². The summed E-state index contributed by atoms with van der Waals surface area (Å²) in [5.41, 5.74) is 5.48. The van der Waals surface area contributed by atoms with Crippen LogP contribution in [-0.4, -0.2) is 28.3 Å². The molecule has 0 amide bonds. The maximum Gasteiger partial charge on any atom is 0.105 e. The molecule has 1 atom stereocenters. The maximum absolute atomic E-state index is 5.78. The van der Waals surface area contributed by atoms with Crippen molar-refractivity contribution in [2.24, 2.45) is 5.73 Å². The minimum Gasteiger partial charge on any atom is -0.372 e. The van der Waals surface area contributed by atoms with Crippen molar-refractivity contribution in [1.82, 2.24) is 9.55 Å². The highest BCUT2D eigenvalue weighted by Gasteiger charge is 2.20. The Morgan fingerprint density at radius 3 is 2.80 bits per heavy atom. The average molecular weight is 211 g/mol. The van der Waals surface area contributed by atoms with Crippen LogP contribution in [0.3, 0.4) is 0 Å². The predicted octanol–water partition coefficient (Wildman–Crippen LogP) is 1.34. The van der Waals surface area contributed by atoms with Crippen LogP contribution in [0.2, 0.25) is 0 Å². The van der Waals surface area contributed by atoms with Gasteiger partial charge in [0, 0.05) is 25.5 Å². The zero-order chi connectivity index (χ0) is 11.3. The third-order valence-corrected chi connectivity index (χ3v) is 2.89. The van der Waals surface area contributed by atoms with Crippen molar-refractivity contribution in [3.8, 4) is 0 Å². The van der Waals surface area contributed by atoms with Crippen LogP contribution in [-0.2, 0) is 11.3 Å². The number of nitrogens with two attached hydrogens (primary N) is 1. The first-order chi connectivity index (χ1) is 7.11. The topological polar surface area (TPSA) is 53.1 Å². The number of aryl methyl sites for hydroxylation is 1. The molecule has 1 unspecified atom stereocenters. The van der Waals surface area contributed by atoms with Gasteiger partial charge in [0.25, 0.3) is 0 Å². The van der Waals surface area contributed by atoms with Crippen molar-refractivity contribution in [3.05, 3.63) is 18.2 Å². The van der Waals surface area contributed by atoms with Crippen LogP contribution < -0.4 is 5.73 Å². The third-order valence-electron chi connectivity index (χ3n) is 2.89. The van der Waals surface area contributed by atoms with E-state index in [1.807, 2.05) is 20.0 Å². The lowest BCUT2D eigenvalue weighted by molar-refractivity contribution is -0.0309. The van der Waals surface area contributed by atoms with Crippen molar-refractivity contribution in [3.63, 3.8) is 0 Å². The third kappa shape index (κ3) is 3.32. The van der Waals surface area contributed by atoms with Gasteiger partial charge < -0.3 is 15.0 Å². The SMILES string of the molecule is CCC(C)(CN)OCCn1ccnc1C. The molecule has 86 valence electrons. The van der Waals surface area contributed by atoms with Gasteiger partial charge in [-0.2, -0.15) is 0 Å². The molecule has 0 spiro atoms. The van der Waals surface area contributed by atoms with Crippen LogP contribution in [0.1, 0.15) is 26.1 Å². The average Bonchev–Trinajstić information content (AvgIpc) is 2.64. The zero-order valence-corrected chi connectivity index (χ0v) is 9.86. The first-order valence-corrected chi connectivity index (χ1v) is 5.43. The van der Waals surface area contributed by atoms with Gasteiger partial charge in [-0.05, 0) is 20.3 Å². The fourth-order valence-electron chi connectivity index (χ4n) is 1.34. The highest BCUT2D eigenvalue weighted by molar-refractivity contribution is 4.88. The summed E-state index contributed by atoms with van der Waals surface area (Å²) in [6, 6.07) is 0. The Morgan fingerprint density at radius 2 is 2.33 bits per heavy atom. The molecule has 0 aliphatic carbocycles. The summed E-state index contributed by atoms with van der Waals surface area (Å²) in [5, 5.41) is 0. The fourth-order valence-corrected chi connectivity index (χ4v) is 1.34. The molecule has 15 heavy (non-hydrogen) atoms. The standard InChI is InChI=1S/C11H21N3O/c1-4-11(3,9-12)15-8-7-14-6-5-13-10(14)2/h5-6H,4,7-9,12H2,1-3H3. The van der Waals surface area contributed by atoms with E-state index in [2.05, 4.69) is 16.5 Å². The van der Waals surface area contributed by atoms with Crippen LogP contribution >= 0.6 is 0 Å². The summed E-state index contributed by atoms with van der Waals surface area (Å²) in [6.45, 7) is 8.21. The summed E-state index contributed by atoms with van der Waals surface area (Å²) in [5.74, 6) is 1.02. The maximum atomic E-state index is 5.78. The molecule has 2 N–H and O–H groups in total. The number of ether oxygens (including phenoxy) is 1. The second-order valence-corrected chi connectivity index (χ2v) is 4.02. The molecule has 0 aliphatic heterocycles. The van der Waals surface area contributed by atoms with Crippen LogP contribution in [0.5, 0.6) is 0 Å². The van der Waals surface area contributed by atoms with E-state index in [4.69, 9.17) is 10.5 Å². The van der Waals surface area contributed by atoms with Gasteiger partial charge in [-0.15, -0.1) is 0 Å². The van der Waals surface area contributed by atoms with Gasteiger partial charge >= 0.3 is 0 Å². The lowest BCUT2D eigenvalue weighted by Gasteiger charge is -2.27. The molecule has 0 saturated heterocycles. The molecule has 0 bridgehead atoms. The molecule has 4 nitrogen and oxygen atoms in total. The van der Waals surface area contributed by atoms with Gasteiger partial charge in [0.15, 0.2) is 0 Å². The molecule has 1 aromatic heterocycles. The van der Waals surface area contributed by atoms with E-state index in [9.17, 15) is 0 Å². The second kappa shape index (κ2) is 5.28. The lowest BCUT2D eigenvalue weighted by atomic mass is 10.0. The van der Waals surface area contributed by atoms with Gasteiger partial charge in [0.2, 0.25) is 0 Å². The van der Waals surface area contributed by atoms with E-state index in [1.165, 1.54) is 0 Å². The highest BCUT2D eigenvalue weighted by Crippen LogP contribution is 2.13. The molecule has 1 rings (SSSR count). The van der Waals surface area contributed by atoms with E-state index in [0.717, 1.165) is 18.8 Å². The molecule has 0 radical (unpaired) electrons. The summed E-state index contributed by atoms with van der Waals surface area (Å²) in [7, 11) is 0. The Kier molecular flexibility index (Phi) is 4.29. The van der Waals surface area contributed by atoms with E-state index >= 15 is 0 Å². The Hall–Kier alpha value is -0.870. The van der Waals surface area contributed by atoms with Gasteiger partial charge in [0.1, 0.15) is 5.82 Å². The van der Waals surface area contributed by atoms with Crippen LogP contribution in [0.15, 0.2) is 12.4 Å². The molecule has 1 heterocycles. The van der Waals surface area contributed by atoms with Crippen LogP contribution in [0.4, 0.5) is 0 Å². The van der Waals surface area contributed by atoms with E-state index < -0.39 is 0 Å². The Balaban J connectivity index is 2.36. The molecular weight excluding hydrogens is 190 g/mol. The molecule has 4 heteroatoms. The van der Waals surface area contributed by atoms with Crippen LogP contribution in [0.25, 0.3) is 0 Å². The highest BCUT2D eigenvalue weighted by atomic mass is 16.5. The second-order valence-electron chi connectivity index (χ2n) is 4.02. The van der Waals surface area contributed by atoms with Crippen molar-refractivity contribution in [2.45, 2.75) is 39.3 Å². The van der Waals surface area contributed by atoms with E-state index in [-0.39, 0.29) is 5.60 Å². The minimum absolute atomic E-state index is 0.186. The quantitative estimate of drug-likeness (QED) is 0.772. The molecule has 0 aromatic carbocycles. The number of imidazole rings is 1. The smallest absolute Gasteiger partial charge is 0.105 e. The number of aromatic nitrogens is 2. The normalized spacial score (nSPS) is 15.2. The number of nitrogens with zero attached hydrogens (tertiary/aromatic N) is 2. The van der Waals surface area contributed by atoms with Crippen LogP contribution in [0, 0.1) is 6.92 Å². The Bertz CT molecular complexity index is 292. The Morgan fingerprint density at radius 1 is 1.60 bits per heavy atom. The van der Waals surface area contributed by atoms with Gasteiger partial charge in [-0.3, -0.25) is 0 Å². The summed E-state index contributed by atoms with van der Waals surface area (Å²) in [4.78, 5) is 4.15. The van der Waals surface area contributed by atoms with Crippen molar-refractivity contribution < 1.29 is 4.74 Å². The molecular formula is C11H21N3O. The monoisotopic (exact) mass is 211 g/mol. The first kappa shape index (κ1) is 12.2. The molecule has 0 fully saturated rings. The Labute approximate surface area is 91.4 Å². The van der Waals surface area contributed by atoms with E-state index in [0.29, 0.717) is 13.2 Å². The fraction of sp³-hybridized carbons (Fsp3) is 0.727. The number of hydrogen-bond acceptors (Lipinski definition) is 3. The van der Waals surface area contributed by atoms with Crippen molar-refractivity contribution in [2.75, 3.05) is 13.2 Å². The summed E-state index contributed by atoms with van der Waals surface area (Å²) in [6.07, 6.45) is 4.70. The molecule has 0 saturated carbocycles. The molecule has 1 aromatic rings. The summed E-state index contributed by atoms with van der Waals surface area (Å²) < 4.78 is 7.86. The van der Waals surface area contributed by atoms with Gasteiger partial charge in [-0.1, -0.05) is 6.92 Å². The minimum atomic E-state index is -0.186. The molecule has 0 aliphatic rings. The van der Waals surface area contributed by atoms with Crippen molar-refractivity contribution >= 4 is 0 Å². The lowest BCUT2D eigenvalue weighted by Crippen LogP contribution is -2.37. The number of hydrogen-bond donors (Lipinski definition) is 1. The largest absolute Gasteiger partial charge is 0.372 e. The first-order valence-electron chi connectivity index (χ1n) is 5.43. The van der Waals surface area contributed by atoms with Crippen molar-refractivity contribution in [1.29, 1.82) is 0 Å². The van der Waals surface area contributed by atoms with Gasteiger partial charge in [-0.25, -0.2) is 4.98 Å². The summed E-state index contributed by atoms with van der Waals surface area (Å²) >= 11 is 0. The zero-order valence-electron chi connectivity index (χ0n) is 9.86.